The van der Waals surface area contributed by atoms with Crippen LogP contribution in [0.1, 0.15) is 94.4 Å². The van der Waals surface area contributed by atoms with Gasteiger partial charge in [0.15, 0.2) is 11.7 Å². The van der Waals surface area contributed by atoms with Crippen molar-refractivity contribution in [3.05, 3.63) is 53.2 Å². The Bertz CT molecular complexity index is 1170. The van der Waals surface area contributed by atoms with Gasteiger partial charge >= 0.3 is 5.97 Å². The number of oxazole rings is 1. The number of carboxylic acid groups (broad SMARTS) is 1. The van der Waals surface area contributed by atoms with Gasteiger partial charge in [-0.2, -0.15) is 0 Å². The minimum atomic E-state index is -1.19. The Hall–Kier alpha value is -3.89. The lowest BCUT2D eigenvalue weighted by Gasteiger charge is -2.27. The van der Waals surface area contributed by atoms with Gasteiger partial charge in [0.05, 0.1) is 5.41 Å². The topological polar surface area (TPSA) is 186 Å². The molecule has 11 nitrogen and oxygen atoms in total. The fourth-order valence-electron chi connectivity index (χ4n) is 4.24. The van der Waals surface area contributed by atoms with E-state index >= 15 is 0 Å². The highest BCUT2D eigenvalue weighted by Gasteiger charge is 2.33. The van der Waals surface area contributed by atoms with Gasteiger partial charge in [-0.3, -0.25) is 14.6 Å². The number of hydrogen-bond acceptors (Lipinski definition) is 6. The monoisotopic (exact) mass is 556 g/mol. The molecule has 1 aromatic heterocycles. The quantitative estimate of drug-likeness (QED) is 0.126. The maximum Gasteiger partial charge on any atom is 0.326 e. The van der Waals surface area contributed by atoms with Gasteiger partial charge < -0.3 is 31.6 Å². The van der Waals surface area contributed by atoms with E-state index in [1.165, 1.54) is 11.8 Å². The van der Waals surface area contributed by atoms with Crippen LogP contribution >= 0.6 is 0 Å². The Labute approximate surface area is 236 Å². The third-order valence-electron chi connectivity index (χ3n) is 6.50. The van der Waals surface area contributed by atoms with E-state index in [-0.39, 0.29) is 42.3 Å². The predicted molar refractivity (Wildman–Crippen MR) is 154 cm³/mol. The zero-order valence-corrected chi connectivity index (χ0v) is 24.4. The van der Waals surface area contributed by atoms with Crippen LogP contribution in [0.5, 0.6) is 0 Å². The maximum atomic E-state index is 13.5. The molecule has 0 fully saturated rings. The van der Waals surface area contributed by atoms with Gasteiger partial charge in [-0.1, -0.05) is 52.0 Å². The van der Waals surface area contributed by atoms with Crippen LogP contribution in [-0.2, 0) is 21.4 Å². The largest absolute Gasteiger partial charge is 0.480 e. The van der Waals surface area contributed by atoms with Crippen molar-refractivity contribution in [2.45, 2.75) is 84.7 Å². The molecule has 0 aliphatic rings. The summed E-state index contributed by atoms with van der Waals surface area (Å²) in [6, 6.07) is 6.35. The molecule has 220 valence electrons. The first-order chi connectivity index (χ1) is 18.7. The lowest BCUT2D eigenvalue weighted by molar-refractivity contribution is -0.139. The molecule has 2 amide bonds. The van der Waals surface area contributed by atoms with E-state index in [9.17, 15) is 19.5 Å². The Morgan fingerprint density at radius 2 is 1.70 bits per heavy atom. The zero-order chi connectivity index (χ0) is 30.0. The number of aliphatic carboxylic acids is 1. The minimum absolute atomic E-state index is 0.0755. The normalized spacial score (nSPS) is 13.1. The first-order valence-corrected chi connectivity index (χ1v) is 13.7. The standard InChI is InChI=1S/C29H44N6O5/c1-17(2)14-19-9-11-20(12-10-19)29(5,6)27(39)35-22(15-18(3)4)25-34-23(16-40-25)24(36)33-21(26(37)38)8-7-13-32-28(30)31/h9-12,16-18,21-22H,7-8,13-15H2,1-6H3,(H,33,36)(H,35,39)(H,37,38)(H4,30,31,32)/t21-,22?/m0/s1. The van der Waals surface area contributed by atoms with E-state index in [4.69, 9.17) is 15.9 Å². The Kier molecular flexibility index (Phi) is 11.7. The minimum Gasteiger partial charge on any atom is -0.480 e. The number of guanidine groups is 1. The molecule has 1 unspecified atom stereocenters. The molecule has 0 saturated heterocycles. The Morgan fingerprint density at radius 1 is 1.05 bits per heavy atom. The average Bonchev–Trinajstić information content (AvgIpc) is 3.35. The molecule has 0 aliphatic heterocycles. The molecular weight excluding hydrogens is 512 g/mol. The molecule has 2 rings (SSSR count). The number of nitrogens with two attached hydrogens (primary N) is 2. The molecule has 2 aromatic rings. The van der Waals surface area contributed by atoms with Crippen molar-refractivity contribution in [2.75, 3.05) is 6.54 Å². The number of nitrogens with zero attached hydrogens (tertiary/aromatic N) is 2. The highest BCUT2D eigenvalue weighted by molar-refractivity contribution is 5.94. The number of benzene rings is 1. The molecule has 0 bridgehead atoms. The summed E-state index contributed by atoms with van der Waals surface area (Å²) in [5, 5.41) is 15.0. The number of carbonyl (C=O) groups is 3. The first kappa shape index (κ1) is 32.3. The van der Waals surface area contributed by atoms with E-state index in [0.29, 0.717) is 18.8 Å². The van der Waals surface area contributed by atoms with Crippen molar-refractivity contribution >= 4 is 23.7 Å². The number of rotatable bonds is 15. The second-order valence-electron chi connectivity index (χ2n) is 11.5. The highest BCUT2D eigenvalue weighted by Crippen LogP contribution is 2.28. The molecule has 7 N–H and O–H groups in total. The smallest absolute Gasteiger partial charge is 0.326 e. The van der Waals surface area contributed by atoms with E-state index in [0.717, 1.165) is 12.0 Å². The second kappa shape index (κ2) is 14.5. The number of nitrogens with one attached hydrogen (secondary N) is 2. The van der Waals surface area contributed by atoms with Gasteiger partial charge in [0.1, 0.15) is 18.3 Å². The van der Waals surface area contributed by atoms with Crippen molar-refractivity contribution in [3.8, 4) is 0 Å². The lowest BCUT2D eigenvalue weighted by atomic mass is 9.82. The number of carboxylic acids is 1. The third-order valence-corrected chi connectivity index (χ3v) is 6.50. The molecule has 1 aromatic carbocycles. The number of aliphatic imine (C=N–C) groups is 1. The van der Waals surface area contributed by atoms with Crippen LogP contribution in [0.4, 0.5) is 0 Å². The van der Waals surface area contributed by atoms with Crippen molar-refractivity contribution < 1.29 is 23.9 Å². The summed E-state index contributed by atoms with van der Waals surface area (Å²) in [5.74, 6) is -1.27. The van der Waals surface area contributed by atoms with Crippen LogP contribution in [0.25, 0.3) is 0 Å². The van der Waals surface area contributed by atoms with Gasteiger partial charge in [-0.15, -0.1) is 0 Å². The van der Waals surface area contributed by atoms with Gasteiger partial charge in [-0.05, 0) is 62.5 Å². The van der Waals surface area contributed by atoms with E-state index in [1.807, 2.05) is 39.8 Å². The molecule has 0 saturated carbocycles. The molecule has 0 spiro atoms. The summed E-state index contributed by atoms with van der Waals surface area (Å²) in [6.07, 6.45) is 3.15. The Morgan fingerprint density at radius 3 is 2.25 bits per heavy atom. The van der Waals surface area contributed by atoms with Crippen molar-refractivity contribution in [1.82, 2.24) is 15.6 Å². The summed E-state index contributed by atoms with van der Waals surface area (Å²) in [7, 11) is 0. The summed E-state index contributed by atoms with van der Waals surface area (Å²) in [6.45, 7) is 12.3. The lowest BCUT2D eigenvalue weighted by Crippen LogP contribution is -2.42. The summed E-state index contributed by atoms with van der Waals surface area (Å²) < 4.78 is 5.61. The van der Waals surface area contributed by atoms with Crippen LogP contribution in [0.3, 0.4) is 0 Å². The van der Waals surface area contributed by atoms with Gasteiger partial charge in [0, 0.05) is 6.54 Å². The summed E-state index contributed by atoms with van der Waals surface area (Å²) in [4.78, 5) is 46.0. The van der Waals surface area contributed by atoms with Crippen LogP contribution in [0, 0.1) is 11.8 Å². The predicted octanol–water partition coefficient (Wildman–Crippen LogP) is 3.29. The fourth-order valence-corrected chi connectivity index (χ4v) is 4.24. The van der Waals surface area contributed by atoms with Crippen molar-refractivity contribution in [1.29, 1.82) is 0 Å². The number of carbonyl (C=O) groups excluding carboxylic acids is 2. The number of aromatic nitrogens is 1. The molecule has 0 radical (unpaired) electrons. The van der Waals surface area contributed by atoms with Gasteiger partial charge in [0.2, 0.25) is 11.8 Å². The molecule has 1 heterocycles. The van der Waals surface area contributed by atoms with Crippen molar-refractivity contribution in [3.63, 3.8) is 0 Å². The molecule has 2 atom stereocenters. The van der Waals surface area contributed by atoms with Gasteiger partial charge in [0.25, 0.3) is 5.91 Å². The van der Waals surface area contributed by atoms with Crippen LogP contribution in [0.2, 0.25) is 0 Å². The van der Waals surface area contributed by atoms with E-state index < -0.39 is 29.4 Å². The molecular formula is C29H44N6O5. The molecule has 0 aliphatic carbocycles. The fraction of sp³-hybridized carbons (Fsp3) is 0.552. The number of amides is 2. The van der Waals surface area contributed by atoms with Crippen LogP contribution in [-0.4, -0.2) is 46.4 Å². The second-order valence-corrected chi connectivity index (χ2v) is 11.5. The number of hydrogen-bond donors (Lipinski definition) is 5. The summed E-state index contributed by atoms with van der Waals surface area (Å²) >= 11 is 0. The highest BCUT2D eigenvalue weighted by atomic mass is 16.4. The maximum absolute atomic E-state index is 13.5. The van der Waals surface area contributed by atoms with E-state index in [1.54, 1.807) is 0 Å². The van der Waals surface area contributed by atoms with Crippen LogP contribution < -0.4 is 22.1 Å². The van der Waals surface area contributed by atoms with Crippen LogP contribution in [0.15, 0.2) is 39.9 Å². The average molecular weight is 557 g/mol. The SMILES string of the molecule is CC(C)Cc1ccc(C(C)(C)C(=O)NC(CC(C)C)c2nc(C(=O)N[C@@H](CCCN=C(N)N)C(=O)O)co2)cc1. The van der Waals surface area contributed by atoms with Crippen molar-refractivity contribution in [2.24, 2.45) is 28.3 Å². The third kappa shape index (κ3) is 9.69. The Balaban J connectivity index is 2.15. The zero-order valence-electron chi connectivity index (χ0n) is 24.4. The van der Waals surface area contributed by atoms with Gasteiger partial charge in [-0.25, -0.2) is 9.78 Å². The first-order valence-electron chi connectivity index (χ1n) is 13.7. The molecule has 11 heteroatoms. The van der Waals surface area contributed by atoms with E-state index in [2.05, 4.69) is 46.6 Å². The molecule has 40 heavy (non-hydrogen) atoms. The summed E-state index contributed by atoms with van der Waals surface area (Å²) in [5.41, 5.74) is 11.8.